The third kappa shape index (κ3) is 2.60. The van der Waals surface area contributed by atoms with E-state index in [4.69, 9.17) is 4.74 Å². The van der Waals surface area contributed by atoms with Crippen LogP contribution in [-0.2, 0) is 4.74 Å². The quantitative estimate of drug-likeness (QED) is 0.835. The molecule has 1 aromatic heterocycles. The van der Waals surface area contributed by atoms with Crippen molar-refractivity contribution in [1.29, 1.82) is 0 Å². The zero-order valence-electron chi connectivity index (χ0n) is 16.0. The van der Waals surface area contributed by atoms with E-state index < -0.39 is 0 Å². The van der Waals surface area contributed by atoms with Crippen LogP contribution in [0.4, 0.5) is 4.79 Å². The predicted molar refractivity (Wildman–Crippen MR) is 99.8 cm³/mol. The molecule has 142 valence electrons. The molecule has 0 spiro atoms. The minimum atomic E-state index is -0.344. The largest absolute Gasteiger partial charge is 0.453 e. The molecule has 1 atom stereocenters. The maximum Gasteiger partial charge on any atom is 0.409 e. The van der Waals surface area contributed by atoms with Crippen LogP contribution in [0.2, 0.25) is 0 Å². The topological polar surface area (TPSA) is 67.7 Å². The number of benzene rings is 1. The number of carbonyl (C=O) groups excluding carboxylic acids is 2. The first kappa shape index (κ1) is 17.6. The Kier molecular flexibility index (Phi) is 4.17. The van der Waals surface area contributed by atoms with Crippen molar-refractivity contribution in [2.24, 2.45) is 5.92 Å². The Labute approximate surface area is 158 Å². The van der Waals surface area contributed by atoms with Crippen LogP contribution in [0, 0.1) is 12.8 Å². The summed E-state index contributed by atoms with van der Waals surface area (Å²) in [7, 11) is 1.38. The number of aryl methyl sites for hydroxylation is 1. The number of amides is 2. The van der Waals surface area contributed by atoms with Gasteiger partial charge in [0.05, 0.1) is 30.6 Å². The minimum Gasteiger partial charge on any atom is -0.453 e. The summed E-state index contributed by atoms with van der Waals surface area (Å²) in [6.07, 6.45) is -0.344. The summed E-state index contributed by atoms with van der Waals surface area (Å²) in [6, 6.07) is 9.70. The predicted octanol–water partition coefficient (Wildman–Crippen LogP) is 2.78. The van der Waals surface area contributed by atoms with Gasteiger partial charge in [0.25, 0.3) is 5.91 Å². The second kappa shape index (κ2) is 6.40. The van der Waals surface area contributed by atoms with Gasteiger partial charge in [-0.2, -0.15) is 5.10 Å². The molecule has 1 fully saturated rings. The first-order chi connectivity index (χ1) is 12.9. The number of rotatable bonds is 3. The normalized spacial score (nSPS) is 19.4. The van der Waals surface area contributed by atoms with Gasteiger partial charge in [0, 0.05) is 18.7 Å². The van der Waals surface area contributed by atoms with Gasteiger partial charge in [-0.05, 0) is 25.0 Å². The Morgan fingerprint density at radius 1 is 1.22 bits per heavy atom. The standard InChI is InChI=1S/C20H24N4O3/c1-12(2)17-16-13(3)21-24(14-8-6-5-7-9-14)18(16)19(25)23(17)15-10-22(11-15)20(26)27-4/h5-9,12,15,17H,10-11H2,1-4H3. The Morgan fingerprint density at radius 2 is 1.89 bits per heavy atom. The lowest BCUT2D eigenvalue weighted by Gasteiger charge is -2.46. The number of hydrogen-bond acceptors (Lipinski definition) is 4. The van der Waals surface area contributed by atoms with E-state index in [-0.39, 0.29) is 30.0 Å². The van der Waals surface area contributed by atoms with Crippen molar-refractivity contribution in [3.8, 4) is 5.69 Å². The smallest absolute Gasteiger partial charge is 0.409 e. The van der Waals surface area contributed by atoms with E-state index in [9.17, 15) is 9.59 Å². The molecule has 0 bridgehead atoms. The van der Waals surface area contributed by atoms with Gasteiger partial charge in [-0.1, -0.05) is 32.0 Å². The van der Waals surface area contributed by atoms with Crippen molar-refractivity contribution in [2.75, 3.05) is 20.2 Å². The van der Waals surface area contributed by atoms with E-state index in [0.717, 1.165) is 16.9 Å². The number of nitrogens with zero attached hydrogens (tertiary/aromatic N) is 4. The van der Waals surface area contributed by atoms with Gasteiger partial charge in [0.15, 0.2) is 0 Å². The Morgan fingerprint density at radius 3 is 2.48 bits per heavy atom. The fourth-order valence-corrected chi connectivity index (χ4v) is 4.20. The molecule has 0 aliphatic carbocycles. The van der Waals surface area contributed by atoms with Gasteiger partial charge in [-0.15, -0.1) is 0 Å². The zero-order chi connectivity index (χ0) is 19.3. The van der Waals surface area contributed by atoms with E-state index in [1.165, 1.54) is 7.11 Å². The van der Waals surface area contributed by atoms with Crippen LogP contribution in [0.5, 0.6) is 0 Å². The monoisotopic (exact) mass is 368 g/mol. The summed E-state index contributed by atoms with van der Waals surface area (Å²) in [4.78, 5) is 28.7. The maximum absolute atomic E-state index is 13.4. The molecule has 3 heterocycles. The number of para-hydroxylation sites is 1. The van der Waals surface area contributed by atoms with Gasteiger partial charge in [0.2, 0.25) is 0 Å². The van der Waals surface area contributed by atoms with Crippen molar-refractivity contribution in [1.82, 2.24) is 19.6 Å². The third-order valence-electron chi connectivity index (χ3n) is 5.46. The fourth-order valence-electron chi connectivity index (χ4n) is 4.20. The van der Waals surface area contributed by atoms with Gasteiger partial charge in [0.1, 0.15) is 5.69 Å². The first-order valence-electron chi connectivity index (χ1n) is 9.24. The molecular weight excluding hydrogens is 344 g/mol. The molecular formula is C20H24N4O3. The second-order valence-electron chi connectivity index (χ2n) is 7.53. The highest BCUT2D eigenvalue weighted by atomic mass is 16.5. The molecule has 27 heavy (non-hydrogen) atoms. The van der Waals surface area contributed by atoms with E-state index in [1.807, 2.05) is 42.2 Å². The van der Waals surface area contributed by atoms with Gasteiger partial charge < -0.3 is 14.5 Å². The number of carbonyl (C=O) groups is 2. The van der Waals surface area contributed by atoms with Gasteiger partial charge in [-0.25, -0.2) is 9.48 Å². The molecule has 0 saturated carbocycles. The molecule has 1 unspecified atom stereocenters. The Balaban J connectivity index is 1.72. The van der Waals surface area contributed by atoms with Crippen LogP contribution in [0.3, 0.4) is 0 Å². The van der Waals surface area contributed by atoms with Gasteiger partial charge in [-0.3, -0.25) is 4.79 Å². The number of hydrogen-bond donors (Lipinski definition) is 0. The summed E-state index contributed by atoms with van der Waals surface area (Å²) in [5, 5.41) is 4.66. The molecule has 0 radical (unpaired) electrons. The molecule has 7 nitrogen and oxygen atoms in total. The summed E-state index contributed by atoms with van der Waals surface area (Å²) in [5.74, 6) is 0.233. The molecule has 1 aromatic carbocycles. The highest BCUT2D eigenvalue weighted by molar-refractivity contribution is 5.99. The summed E-state index contributed by atoms with van der Waals surface area (Å²) in [5.41, 5.74) is 3.42. The molecule has 4 rings (SSSR count). The molecule has 0 N–H and O–H groups in total. The summed E-state index contributed by atoms with van der Waals surface area (Å²) < 4.78 is 6.54. The average molecular weight is 368 g/mol. The first-order valence-corrected chi connectivity index (χ1v) is 9.24. The SMILES string of the molecule is COC(=O)N1CC(N2C(=O)c3c(c(C)nn3-c3ccccc3)C2C(C)C)C1. The number of aromatic nitrogens is 2. The fraction of sp³-hybridized carbons (Fsp3) is 0.450. The van der Waals surface area contributed by atoms with Crippen LogP contribution >= 0.6 is 0 Å². The molecule has 2 amide bonds. The lowest BCUT2D eigenvalue weighted by Crippen LogP contribution is -2.62. The molecule has 2 aliphatic rings. The average Bonchev–Trinajstić information content (AvgIpc) is 3.11. The van der Waals surface area contributed by atoms with Crippen LogP contribution in [0.15, 0.2) is 30.3 Å². The van der Waals surface area contributed by atoms with Gasteiger partial charge >= 0.3 is 6.09 Å². The van der Waals surface area contributed by atoms with Crippen LogP contribution in [-0.4, -0.2) is 57.8 Å². The number of likely N-dealkylation sites (tertiary alicyclic amines) is 1. The van der Waals surface area contributed by atoms with E-state index >= 15 is 0 Å². The van der Waals surface area contributed by atoms with E-state index in [2.05, 4.69) is 18.9 Å². The lowest BCUT2D eigenvalue weighted by molar-refractivity contribution is 0.00742. The maximum atomic E-state index is 13.4. The van der Waals surface area contributed by atoms with Crippen LogP contribution in [0.1, 0.15) is 41.6 Å². The molecule has 2 aromatic rings. The number of fused-ring (bicyclic) bond motifs is 1. The Bertz CT molecular complexity index is 884. The van der Waals surface area contributed by atoms with E-state index in [0.29, 0.717) is 18.8 Å². The van der Waals surface area contributed by atoms with E-state index in [1.54, 1.807) is 9.58 Å². The van der Waals surface area contributed by atoms with Crippen LogP contribution < -0.4 is 0 Å². The summed E-state index contributed by atoms with van der Waals surface area (Å²) >= 11 is 0. The second-order valence-corrected chi connectivity index (χ2v) is 7.53. The minimum absolute atomic E-state index is 0.0000216. The zero-order valence-corrected chi connectivity index (χ0v) is 16.0. The Hall–Kier alpha value is -2.83. The third-order valence-corrected chi connectivity index (χ3v) is 5.46. The molecule has 2 aliphatic heterocycles. The van der Waals surface area contributed by atoms with Crippen LogP contribution in [0.25, 0.3) is 5.69 Å². The number of methoxy groups -OCH3 is 1. The van der Waals surface area contributed by atoms with Crippen molar-refractivity contribution >= 4 is 12.0 Å². The van der Waals surface area contributed by atoms with Crippen molar-refractivity contribution in [2.45, 2.75) is 32.9 Å². The molecule has 1 saturated heterocycles. The number of ether oxygens (including phenoxy) is 1. The van der Waals surface area contributed by atoms with Crippen molar-refractivity contribution < 1.29 is 14.3 Å². The molecule has 7 heteroatoms. The lowest BCUT2D eigenvalue weighted by atomic mass is 9.94. The highest BCUT2D eigenvalue weighted by Gasteiger charge is 2.50. The summed E-state index contributed by atoms with van der Waals surface area (Å²) in [6.45, 7) is 7.21. The highest BCUT2D eigenvalue weighted by Crippen LogP contribution is 2.43. The van der Waals surface area contributed by atoms with Crippen molar-refractivity contribution in [3.63, 3.8) is 0 Å². The van der Waals surface area contributed by atoms with Crippen molar-refractivity contribution in [3.05, 3.63) is 47.3 Å².